The standard InChI is InChI=1S/C25H24N4O2/c30-25(21-5-2-9-27-17-21)29-11-3-10-28(12-13-29)18-23-15-22-14-19(6-7-24(22)31-23)20-4-1-8-26-16-20/h1-2,4-9,14-17H,3,10-13,18H2. The Labute approximate surface area is 181 Å². The monoisotopic (exact) mass is 412 g/mol. The van der Waals surface area contributed by atoms with Crippen LogP contribution in [0.15, 0.2) is 77.7 Å². The zero-order chi connectivity index (χ0) is 21.0. The first-order valence-corrected chi connectivity index (χ1v) is 10.6. The van der Waals surface area contributed by atoms with Gasteiger partial charge in [0.2, 0.25) is 0 Å². The van der Waals surface area contributed by atoms with Gasteiger partial charge in [0, 0.05) is 61.9 Å². The van der Waals surface area contributed by atoms with Crippen molar-refractivity contribution in [3.8, 4) is 11.1 Å². The zero-order valence-electron chi connectivity index (χ0n) is 17.3. The predicted octanol–water partition coefficient (Wildman–Crippen LogP) is 4.24. The maximum Gasteiger partial charge on any atom is 0.255 e. The fraction of sp³-hybridized carbons (Fsp3) is 0.240. The molecule has 0 bridgehead atoms. The van der Waals surface area contributed by atoms with Crippen molar-refractivity contribution in [2.75, 3.05) is 26.2 Å². The summed E-state index contributed by atoms with van der Waals surface area (Å²) in [5.41, 5.74) is 3.77. The molecular weight excluding hydrogens is 388 g/mol. The summed E-state index contributed by atoms with van der Waals surface area (Å²) in [4.78, 5) is 25.3. The quantitative estimate of drug-likeness (QED) is 0.502. The van der Waals surface area contributed by atoms with Crippen LogP contribution in [-0.2, 0) is 6.54 Å². The highest BCUT2D eigenvalue weighted by Crippen LogP contribution is 2.27. The maximum absolute atomic E-state index is 12.7. The van der Waals surface area contributed by atoms with Crippen molar-refractivity contribution in [1.82, 2.24) is 19.8 Å². The van der Waals surface area contributed by atoms with Gasteiger partial charge in [0.1, 0.15) is 11.3 Å². The van der Waals surface area contributed by atoms with Crippen molar-refractivity contribution in [1.29, 1.82) is 0 Å². The van der Waals surface area contributed by atoms with E-state index in [4.69, 9.17) is 4.42 Å². The summed E-state index contributed by atoms with van der Waals surface area (Å²) in [6, 6.07) is 16.0. The Balaban J connectivity index is 1.26. The molecule has 0 spiro atoms. The molecule has 1 aliphatic rings. The van der Waals surface area contributed by atoms with Gasteiger partial charge in [0.05, 0.1) is 12.1 Å². The van der Waals surface area contributed by atoms with E-state index in [2.05, 4.69) is 39.1 Å². The smallest absolute Gasteiger partial charge is 0.255 e. The SMILES string of the molecule is O=C(c1cccnc1)N1CCCN(Cc2cc3cc(-c4cccnc4)ccc3o2)CC1. The Morgan fingerprint density at radius 2 is 1.77 bits per heavy atom. The van der Waals surface area contributed by atoms with Gasteiger partial charge < -0.3 is 9.32 Å². The topological polar surface area (TPSA) is 62.5 Å². The van der Waals surface area contributed by atoms with Gasteiger partial charge in [-0.05, 0) is 48.4 Å². The highest BCUT2D eigenvalue weighted by Gasteiger charge is 2.21. The van der Waals surface area contributed by atoms with Crippen LogP contribution in [0.3, 0.4) is 0 Å². The first-order chi connectivity index (χ1) is 15.3. The molecule has 0 saturated carbocycles. The van der Waals surface area contributed by atoms with Crippen molar-refractivity contribution >= 4 is 16.9 Å². The van der Waals surface area contributed by atoms with Crippen LogP contribution in [0.1, 0.15) is 22.5 Å². The fourth-order valence-electron chi connectivity index (χ4n) is 4.11. The van der Waals surface area contributed by atoms with Crippen molar-refractivity contribution in [3.63, 3.8) is 0 Å². The molecule has 1 aliphatic heterocycles. The highest BCUT2D eigenvalue weighted by atomic mass is 16.3. The number of furan rings is 1. The second-order valence-electron chi connectivity index (χ2n) is 7.87. The number of hydrogen-bond donors (Lipinski definition) is 0. The second kappa shape index (κ2) is 8.70. The van der Waals surface area contributed by atoms with Crippen molar-refractivity contribution in [2.24, 2.45) is 0 Å². The number of amides is 1. The number of hydrogen-bond acceptors (Lipinski definition) is 5. The minimum absolute atomic E-state index is 0.0571. The summed E-state index contributed by atoms with van der Waals surface area (Å²) in [6.07, 6.45) is 7.92. The molecule has 0 atom stereocenters. The van der Waals surface area contributed by atoms with E-state index in [-0.39, 0.29) is 5.91 Å². The van der Waals surface area contributed by atoms with Crippen LogP contribution in [0, 0.1) is 0 Å². The third kappa shape index (κ3) is 4.34. The Kier molecular flexibility index (Phi) is 5.46. The van der Waals surface area contributed by atoms with E-state index in [1.165, 1.54) is 0 Å². The van der Waals surface area contributed by atoms with Crippen LogP contribution in [-0.4, -0.2) is 51.9 Å². The number of pyridine rings is 2. The average Bonchev–Trinajstić information content (AvgIpc) is 3.08. The van der Waals surface area contributed by atoms with E-state index >= 15 is 0 Å². The molecular formula is C25H24N4O2. The lowest BCUT2D eigenvalue weighted by atomic mass is 10.1. The number of nitrogens with zero attached hydrogens (tertiary/aromatic N) is 4. The minimum Gasteiger partial charge on any atom is -0.460 e. The van der Waals surface area contributed by atoms with Gasteiger partial charge in [0.15, 0.2) is 0 Å². The molecule has 3 aromatic heterocycles. The molecule has 6 nitrogen and oxygen atoms in total. The van der Waals surface area contributed by atoms with Crippen molar-refractivity contribution in [2.45, 2.75) is 13.0 Å². The van der Waals surface area contributed by atoms with Gasteiger partial charge in [0.25, 0.3) is 5.91 Å². The van der Waals surface area contributed by atoms with Crippen LogP contribution in [0.25, 0.3) is 22.1 Å². The summed E-state index contributed by atoms with van der Waals surface area (Å²) in [5.74, 6) is 1.01. The number of carbonyl (C=O) groups is 1. The lowest BCUT2D eigenvalue weighted by molar-refractivity contribution is 0.0760. The third-order valence-electron chi connectivity index (χ3n) is 5.73. The van der Waals surface area contributed by atoms with E-state index < -0.39 is 0 Å². The highest BCUT2D eigenvalue weighted by molar-refractivity contribution is 5.93. The lowest BCUT2D eigenvalue weighted by Crippen LogP contribution is -2.35. The first kappa shape index (κ1) is 19.5. The van der Waals surface area contributed by atoms with E-state index in [1.54, 1.807) is 24.7 Å². The molecule has 0 radical (unpaired) electrons. The minimum atomic E-state index is 0.0571. The van der Waals surface area contributed by atoms with Crippen molar-refractivity contribution < 1.29 is 9.21 Å². The summed E-state index contributed by atoms with van der Waals surface area (Å²) in [5, 5.41) is 1.10. The van der Waals surface area contributed by atoms with Crippen LogP contribution in [0.4, 0.5) is 0 Å². The molecule has 31 heavy (non-hydrogen) atoms. The molecule has 156 valence electrons. The first-order valence-electron chi connectivity index (χ1n) is 10.6. The molecule has 1 saturated heterocycles. The summed E-state index contributed by atoms with van der Waals surface area (Å²) < 4.78 is 6.10. The maximum atomic E-state index is 12.7. The Hall–Kier alpha value is -3.51. The number of aromatic nitrogens is 2. The number of carbonyl (C=O) groups excluding carboxylic acids is 1. The molecule has 5 rings (SSSR count). The molecule has 0 unspecified atom stereocenters. The second-order valence-corrected chi connectivity index (χ2v) is 7.87. The molecule has 1 aromatic carbocycles. The van der Waals surface area contributed by atoms with Gasteiger partial charge in [-0.25, -0.2) is 0 Å². The van der Waals surface area contributed by atoms with Crippen LogP contribution in [0.2, 0.25) is 0 Å². The van der Waals surface area contributed by atoms with Gasteiger partial charge in [-0.1, -0.05) is 12.1 Å². The number of fused-ring (bicyclic) bond motifs is 1. The summed E-state index contributed by atoms with van der Waals surface area (Å²) >= 11 is 0. The normalized spacial score (nSPS) is 15.2. The Morgan fingerprint density at radius 1 is 0.903 bits per heavy atom. The summed E-state index contributed by atoms with van der Waals surface area (Å²) in [7, 11) is 0. The van der Waals surface area contributed by atoms with Crippen molar-refractivity contribution in [3.05, 3.63) is 84.6 Å². The van der Waals surface area contributed by atoms with Crippen LogP contribution >= 0.6 is 0 Å². The molecule has 0 N–H and O–H groups in total. The molecule has 1 amide bonds. The van der Waals surface area contributed by atoms with Crippen LogP contribution < -0.4 is 0 Å². The molecule has 4 heterocycles. The van der Waals surface area contributed by atoms with Gasteiger partial charge in [-0.15, -0.1) is 0 Å². The van der Waals surface area contributed by atoms with Gasteiger partial charge >= 0.3 is 0 Å². The average molecular weight is 412 g/mol. The van der Waals surface area contributed by atoms with E-state index in [9.17, 15) is 4.79 Å². The number of rotatable bonds is 4. The molecule has 4 aromatic rings. The molecule has 0 aliphatic carbocycles. The van der Waals surface area contributed by atoms with Gasteiger partial charge in [-0.3, -0.25) is 19.7 Å². The Bertz CT molecular complexity index is 1170. The Morgan fingerprint density at radius 3 is 2.58 bits per heavy atom. The number of benzene rings is 1. The molecule has 6 heteroatoms. The van der Waals surface area contributed by atoms with E-state index in [1.807, 2.05) is 29.3 Å². The summed E-state index contributed by atoms with van der Waals surface area (Å²) in [6.45, 7) is 3.97. The fourth-order valence-corrected chi connectivity index (χ4v) is 4.11. The molecule has 1 fully saturated rings. The van der Waals surface area contributed by atoms with E-state index in [0.717, 1.165) is 60.5 Å². The van der Waals surface area contributed by atoms with E-state index in [0.29, 0.717) is 12.1 Å². The largest absolute Gasteiger partial charge is 0.460 e. The third-order valence-corrected chi connectivity index (χ3v) is 5.73. The van der Waals surface area contributed by atoms with Crippen LogP contribution in [0.5, 0.6) is 0 Å². The zero-order valence-corrected chi connectivity index (χ0v) is 17.3. The lowest BCUT2D eigenvalue weighted by Gasteiger charge is -2.21. The predicted molar refractivity (Wildman–Crippen MR) is 119 cm³/mol. The van der Waals surface area contributed by atoms with Gasteiger partial charge in [-0.2, -0.15) is 0 Å².